The van der Waals surface area contributed by atoms with Crippen molar-refractivity contribution in [2.75, 3.05) is 17.7 Å². The van der Waals surface area contributed by atoms with Crippen molar-refractivity contribution in [1.82, 2.24) is 15.3 Å². The highest BCUT2D eigenvalue weighted by Crippen LogP contribution is 2.35. The average molecular weight is 411 g/mol. The summed E-state index contributed by atoms with van der Waals surface area (Å²) in [6, 6.07) is 8.68. The van der Waals surface area contributed by atoms with Crippen LogP contribution in [0.3, 0.4) is 0 Å². The maximum atomic E-state index is 12.2. The van der Waals surface area contributed by atoms with Gasteiger partial charge in [0.15, 0.2) is 0 Å². The zero-order valence-electron chi connectivity index (χ0n) is 16.3. The average Bonchev–Trinajstić information content (AvgIpc) is 3.11. The maximum Gasteiger partial charge on any atom is 0.388 e. The Labute approximate surface area is 171 Å². The molecule has 3 aromatic rings. The first-order valence-corrected chi connectivity index (χ1v) is 9.23. The molecule has 0 radical (unpaired) electrons. The van der Waals surface area contributed by atoms with Crippen LogP contribution in [0.5, 0.6) is 5.88 Å². The molecular formula is C21H19F2N5O2. The quantitative estimate of drug-likeness (QED) is 0.567. The van der Waals surface area contributed by atoms with Crippen molar-refractivity contribution in [3.05, 3.63) is 59.4 Å². The molecule has 3 heterocycles. The molecule has 4 rings (SSSR count). The molecule has 2 aromatic heterocycles. The summed E-state index contributed by atoms with van der Waals surface area (Å²) < 4.78 is 28.7. The van der Waals surface area contributed by atoms with E-state index in [9.17, 15) is 13.6 Å². The van der Waals surface area contributed by atoms with Gasteiger partial charge in [0.05, 0.1) is 17.4 Å². The number of hydrogen-bond donors (Lipinski definition) is 3. The van der Waals surface area contributed by atoms with Crippen LogP contribution >= 0.6 is 0 Å². The molecule has 0 bridgehead atoms. The number of nitrogens with one attached hydrogen (secondary N) is 3. The number of hydrogen-bond acceptors (Lipinski definition) is 6. The first kappa shape index (κ1) is 19.6. The molecule has 30 heavy (non-hydrogen) atoms. The molecule has 1 aliphatic rings. The highest BCUT2D eigenvalue weighted by atomic mass is 19.3. The van der Waals surface area contributed by atoms with Gasteiger partial charge in [0, 0.05) is 37.1 Å². The molecule has 9 heteroatoms. The molecule has 0 saturated carbocycles. The van der Waals surface area contributed by atoms with Crippen LogP contribution in [0.15, 0.2) is 42.7 Å². The first-order valence-electron chi connectivity index (χ1n) is 9.23. The van der Waals surface area contributed by atoms with Crippen LogP contribution in [0.4, 0.5) is 26.0 Å². The van der Waals surface area contributed by atoms with Crippen molar-refractivity contribution in [1.29, 1.82) is 0 Å². The van der Waals surface area contributed by atoms with Crippen LogP contribution < -0.4 is 20.7 Å². The number of fused-ring (bicyclic) bond motifs is 1. The van der Waals surface area contributed by atoms with Crippen molar-refractivity contribution in [3.8, 4) is 17.0 Å². The van der Waals surface area contributed by atoms with E-state index in [0.29, 0.717) is 23.6 Å². The predicted molar refractivity (Wildman–Crippen MR) is 109 cm³/mol. The minimum Gasteiger partial charge on any atom is -0.417 e. The Morgan fingerprint density at radius 1 is 1.13 bits per heavy atom. The topological polar surface area (TPSA) is 88.2 Å². The Morgan fingerprint density at radius 3 is 2.63 bits per heavy atom. The number of anilines is 3. The Morgan fingerprint density at radius 2 is 1.97 bits per heavy atom. The molecule has 0 saturated heterocycles. The number of halogens is 2. The molecule has 0 atom stereocenters. The SMILES string of the molecule is CNc1ccc(-c2cnc(Nc3ccc(OC(F)F)nc3)cc2C)c2c1C(=O)NC2. The summed E-state index contributed by atoms with van der Waals surface area (Å²) in [6.07, 6.45) is 3.14. The van der Waals surface area contributed by atoms with Gasteiger partial charge >= 0.3 is 6.61 Å². The minimum absolute atomic E-state index is 0.0909. The highest BCUT2D eigenvalue weighted by Gasteiger charge is 2.26. The lowest BCUT2D eigenvalue weighted by Gasteiger charge is -2.14. The Bertz CT molecular complexity index is 1100. The smallest absolute Gasteiger partial charge is 0.388 e. The van der Waals surface area contributed by atoms with Crippen LogP contribution in [0, 0.1) is 6.92 Å². The number of aryl methyl sites for hydroxylation is 1. The molecule has 1 amide bonds. The molecule has 1 aliphatic heterocycles. The number of ether oxygens (including phenoxy) is 1. The molecular weight excluding hydrogens is 392 g/mol. The third-order valence-electron chi connectivity index (χ3n) is 4.85. The number of amides is 1. The largest absolute Gasteiger partial charge is 0.417 e. The summed E-state index contributed by atoms with van der Waals surface area (Å²) in [6.45, 7) is -0.484. The van der Waals surface area contributed by atoms with E-state index in [1.165, 1.54) is 12.3 Å². The summed E-state index contributed by atoms with van der Waals surface area (Å²) >= 11 is 0. The fraction of sp³-hybridized carbons (Fsp3) is 0.190. The van der Waals surface area contributed by atoms with Crippen LogP contribution in [0.25, 0.3) is 11.1 Å². The van der Waals surface area contributed by atoms with Crippen LogP contribution in [0.2, 0.25) is 0 Å². The fourth-order valence-corrected chi connectivity index (χ4v) is 3.48. The predicted octanol–water partition coefficient (Wildman–Crippen LogP) is 4.08. The van der Waals surface area contributed by atoms with Crippen molar-refractivity contribution >= 4 is 23.1 Å². The number of carbonyl (C=O) groups excluding carboxylic acids is 1. The van der Waals surface area contributed by atoms with E-state index in [1.807, 2.05) is 25.1 Å². The van der Waals surface area contributed by atoms with Crippen LogP contribution in [-0.2, 0) is 6.54 Å². The normalized spacial score (nSPS) is 12.5. The Balaban J connectivity index is 1.60. The van der Waals surface area contributed by atoms with Crippen LogP contribution in [0.1, 0.15) is 21.5 Å². The maximum absolute atomic E-state index is 12.2. The Hall–Kier alpha value is -3.75. The first-order chi connectivity index (χ1) is 14.5. The van der Waals surface area contributed by atoms with E-state index in [-0.39, 0.29) is 11.8 Å². The molecule has 154 valence electrons. The third-order valence-corrected chi connectivity index (χ3v) is 4.85. The fourth-order valence-electron chi connectivity index (χ4n) is 3.48. The van der Waals surface area contributed by atoms with Crippen molar-refractivity contribution in [3.63, 3.8) is 0 Å². The summed E-state index contributed by atoms with van der Waals surface area (Å²) in [4.78, 5) is 20.5. The monoisotopic (exact) mass is 411 g/mol. The summed E-state index contributed by atoms with van der Waals surface area (Å²) in [5.74, 6) is 0.335. The lowest BCUT2D eigenvalue weighted by atomic mass is 9.94. The molecule has 0 unspecified atom stereocenters. The number of aromatic nitrogens is 2. The summed E-state index contributed by atoms with van der Waals surface area (Å²) in [5, 5.41) is 9.02. The third kappa shape index (κ3) is 3.73. The number of rotatable bonds is 6. The molecule has 0 fully saturated rings. The Kier molecular flexibility index (Phi) is 5.18. The van der Waals surface area contributed by atoms with Gasteiger partial charge in [-0.25, -0.2) is 9.97 Å². The summed E-state index contributed by atoms with van der Waals surface area (Å²) in [5.41, 5.74) is 5.83. The lowest BCUT2D eigenvalue weighted by Crippen LogP contribution is -2.13. The van der Waals surface area contributed by atoms with Gasteiger partial charge in [-0.05, 0) is 41.8 Å². The van der Waals surface area contributed by atoms with Crippen LogP contribution in [-0.4, -0.2) is 29.5 Å². The van der Waals surface area contributed by atoms with E-state index in [2.05, 4.69) is 30.7 Å². The highest BCUT2D eigenvalue weighted by molar-refractivity contribution is 6.05. The molecule has 7 nitrogen and oxygen atoms in total. The number of nitrogens with zero attached hydrogens (tertiary/aromatic N) is 2. The number of alkyl halides is 2. The lowest BCUT2D eigenvalue weighted by molar-refractivity contribution is -0.0528. The van der Waals surface area contributed by atoms with Gasteiger partial charge < -0.3 is 20.7 Å². The number of carbonyl (C=O) groups is 1. The van der Waals surface area contributed by atoms with Gasteiger partial charge in [-0.1, -0.05) is 6.07 Å². The molecule has 3 N–H and O–H groups in total. The molecule has 0 aliphatic carbocycles. The number of benzene rings is 1. The van der Waals surface area contributed by atoms with E-state index in [0.717, 1.165) is 27.9 Å². The van der Waals surface area contributed by atoms with Gasteiger partial charge in [-0.3, -0.25) is 4.79 Å². The minimum atomic E-state index is -2.91. The summed E-state index contributed by atoms with van der Waals surface area (Å²) in [7, 11) is 1.79. The van der Waals surface area contributed by atoms with Gasteiger partial charge in [0.2, 0.25) is 5.88 Å². The standard InChI is InChI=1S/C21H19F2N5O2/c1-11-7-17(28-12-3-6-18(26-8-12)30-21(22)23)25-9-14(11)13-4-5-16(24-2)19-15(13)10-27-20(19)29/h3-9,21,24H,10H2,1-2H3,(H,25,28)(H,27,29). The van der Waals surface area contributed by atoms with Gasteiger partial charge in [-0.15, -0.1) is 0 Å². The zero-order chi connectivity index (χ0) is 21.3. The second kappa shape index (κ2) is 7.94. The van der Waals surface area contributed by atoms with E-state index in [1.54, 1.807) is 19.3 Å². The van der Waals surface area contributed by atoms with Gasteiger partial charge in [-0.2, -0.15) is 8.78 Å². The molecule has 1 aromatic carbocycles. The van der Waals surface area contributed by atoms with E-state index in [4.69, 9.17) is 0 Å². The number of pyridine rings is 2. The van der Waals surface area contributed by atoms with E-state index < -0.39 is 6.61 Å². The van der Waals surface area contributed by atoms with Gasteiger partial charge in [0.1, 0.15) is 5.82 Å². The molecule has 0 spiro atoms. The van der Waals surface area contributed by atoms with Gasteiger partial charge in [0.25, 0.3) is 5.91 Å². The zero-order valence-corrected chi connectivity index (χ0v) is 16.3. The van der Waals surface area contributed by atoms with Crippen molar-refractivity contribution < 1.29 is 18.3 Å². The second-order valence-electron chi connectivity index (χ2n) is 6.72. The van der Waals surface area contributed by atoms with E-state index >= 15 is 0 Å². The van der Waals surface area contributed by atoms with Crippen molar-refractivity contribution in [2.24, 2.45) is 0 Å². The second-order valence-corrected chi connectivity index (χ2v) is 6.72. The van der Waals surface area contributed by atoms with Crippen molar-refractivity contribution in [2.45, 2.75) is 20.1 Å².